The lowest BCUT2D eigenvalue weighted by Gasteiger charge is -2.32. The molecule has 1 atom stereocenters. The Morgan fingerprint density at radius 1 is 1.40 bits per heavy atom. The van der Waals surface area contributed by atoms with Crippen molar-refractivity contribution in [1.29, 1.82) is 0 Å². The largest absolute Gasteiger partial charge is 0.465 e. The molecule has 0 aromatic carbocycles. The Labute approximate surface area is 116 Å². The van der Waals surface area contributed by atoms with Gasteiger partial charge < -0.3 is 10.0 Å². The van der Waals surface area contributed by atoms with Crippen molar-refractivity contribution in [3.63, 3.8) is 0 Å². The first-order valence-corrected chi connectivity index (χ1v) is 6.43. The molecule has 0 spiro atoms. The predicted octanol–water partition coefficient (Wildman–Crippen LogP) is 2.14. The second kappa shape index (κ2) is 4.88. The summed E-state index contributed by atoms with van der Waals surface area (Å²) in [5.74, 6) is 0.584. The number of pyridine rings is 1. The monoisotopic (exact) mass is 270 g/mol. The van der Waals surface area contributed by atoms with E-state index in [2.05, 4.69) is 15.0 Å². The van der Waals surface area contributed by atoms with Crippen molar-refractivity contribution < 1.29 is 9.90 Å². The number of carbonyl (C=O) groups is 1. The highest BCUT2D eigenvalue weighted by molar-refractivity contribution is 5.66. The first kappa shape index (κ1) is 12.5. The van der Waals surface area contributed by atoms with Crippen LogP contribution in [0.15, 0.2) is 30.6 Å². The maximum absolute atomic E-state index is 11.1. The van der Waals surface area contributed by atoms with E-state index in [1.54, 1.807) is 12.4 Å². The van der Waals surface area contributed by atoms with Gasteiger partial charge in [-0.2, -0.15) is 0 Å². The van der Waals surface area contributed by atoms with Gasteiger partial charge in [-0.1, -0.05) is 6.07 Å². The smallest absolute Gasteiger partial charge is 0.407 e. The van der Waals surface area contributed by atoms with Gasteiger partial charge in [0.1, 0.15) is 5.69 Å². The van der Waals surface area contributed by atoms with Crippen LogP contribution in [0.2, 0.25) is 0 Å². The molecule has 1 N–H and O–H groups in total. The quantitative estimate of drug-likeness (QED) is 0.858. The zero-order valence-corrected chi connectivity index (χ0v) is 11.0. The van der Waals surface area contributed by atoms with Gasteiger partial charge in [0.05, 0.1) is 11.7 Å². The van der Waals surface area contributed by atoms with Gasteiger partial charge in [-0.15, -0.1) is 0 Å². The lowest BCUT2D eigenvalue weighted by Crippen LogP contribution is -2.38. The summed E-state index contributed by atoms with van der Waals surface area (Å²) < 4.78 is 0. The summed E-state index contributed by atoms with van der Waals surface area (Å²) in [4.78, 5) is 25.6. The van der Waals surface area contributed by atoms with Crippen molar-refractivity contribution in [2.24, 2.45) is 0 Å². The summed E-state index contributed by atoms with van der Waals surface area (Å²) in [7, 11) is 0. The van der Waals surface area contributed by atoms with Crippen LogP contribution >= 0.6 is 0 Å². The number of carboxylic acid groups (broad SMARTS) is 1. The normalized spacial score (nSPS) is 17.6. The van der Waals surface area contributed by atoms with E-state index in [1.165, 1.54) is 4.90 Å². The van der Waals surface area contributed by atoms with Crippen LogP contribution in [0.4, 0.5) is 4.79 Å². The average Bonchev–Trinajstić information content (AvgIpc) is 2.48. The number of amides is 1. The van der Waals surface area contributed by atoms with Crippen LogP contribution in [-0.4, -0.2) is 37.6 Å². The molecule has 0 saturated heterocycles. The fraction of sp³-hybridized carbons (Fsp3) is 0.286. The van der Waals surface area contributed by atoms with Gasteiger partial charge in [0.25, 0.3) is 0 Å². The number of hydrogen-bond donors (Lipinski definition) is 1. The fourth-order valence-electron chi connectivity index (χ4n) is 2.44. The topological polar surface area (TPSA) is 79.2 Å². The van der Waals surface area contributed by atoms with Gasteiger partial charge in [-0.25, -0.2) is 14.8 Å². The summed E-state index contributed by atoms with van der Waals surface area (Å²) in [6.07, 6.45) is 3.12. The minimum Gasteiger partial charge on any atom is -0.465 e. The van der Waals surface area contributed by atoms with Gasteiger partial charge in [-0.05, 0) is 19.1 Å². The number of rotatable bonds is 1. The van der Waals surface area contributed by atoms with Crippen molar-refractivity contribution in [2.45, 2.75) is 19.4 Å². The molecule has 1 aliphatic heterocycles. The Hall–Kier alpha value is -2.50. The Balaban J connectivity index is 1.98. The minimum absolute atomic E-state index is 0.214. The Kier molecular flexibility index (Phi) is 3.06. The third-order valence-corrected chi connectivity index (χ3v) is 3.55. The summed E-state index contributed by atoms with van der Waals surface area (Å²) in [5.41, 5.74) is 2.51. The van der Waals surface area contributed by atoms with E-state index in [1.807, 2.05) is 25.1 Å². The second-order valence-corrected chi connectivity index (χ2v) is 4.71. The van der Waals surface area contributed by atoms with E-state index < -0.39 is 6.09 Å². The van der Waals surface area contributed by atoms with E-state index >= 15 is 0 Å². The van der Waals surface area contributed by atoms with E-state index in [4.69, 9.17) is 5.11 Å². The van der Waals surface area contributed by atoms with Crippen LogP contribution in [0.3, 0.4) is 0 Å². The third kappa shape index (κ3) is 2.09. The van der Waals surface area contributed by atoms with Crippen molar-refractivity contribution in [3.8, 4) is 11.5 Å². The van der Waals surface area contributed by atoms with Gasteiger partial charge >= 0.3 is 6.09 Å². The van der Waals surface area contributed by atoms with E-state index in [9.17, 15) is 4.79 Å². The molecule has 20 heavy (non-hydrogen) atoms. The molecule has 0 saturated carbocycles. The molecule has 1 amide bonds. The van der Waals surface area contributed by atoms with Gasteiger partial charge in [0.15, 0.2) is 5.82 Å². The average molecular weight is 270 g/mol. The van der Waals surface area contributed by atoms with Crippen LogP contribution in [0.5, 0.6) is 0 Å². The van der Waals surface area contributed by atoms with Gasteiger partial charge in [0, 0.05) is 30.9 Å². The zero-order chi connectivity index (χ0) is 14.1. The lowest BCUT2D eigenvalue weighted by atomic mass is 10.00. The molecular weight excluding hydrogens is 256 g/mol. The summed E-state index contributed by atoms with van der Waals surface area (Å²) in [6.45, 7) is 2.32. The molecule has 102 valence electrons. The fourth-order valence-corrected chi connectivity index (χ4v) is 2.44. The van der Waals surface area contributed by atoms with E-state index in [0.717, 1.165) is 17.0 Å². The number of aromatic nitrogens is 3. The molecule has 0 radical (unpaired) electrons. The first-order chi connectivity index (χ1) is 9.66. The third-order valence-electron chi connectivity index (χ3n) is 3.55. The van der Waals surface area contributed by atoms with Crippen molar-refractivity contribution in [3.05, 3.63) is 41.9 Å². The second-order valence-electron chi connectivity index (χ2n) is 4.71. The SMILES string of the molecule is CC1c2cnc(-c3ccccn3)nc2CCN1C(=O)O. The number of hydrogen-bond acceptors (Lipinski definition) is 4. The predicted molar refractivity (Wildman–Crippen MR) is 72.1 cm³/mol. The summed E-state index contributed by atoms with van der Waals surface area (Å²) in [6, 6.07) is 5.38. The van der Waals surface area contributed by atoms with Crippen LogP contribution in [0.1, 0.15) is 24.2 Å². The highest BCUT2D eigenvalue weighted by Crippen LogP contribution is 2.28. The number of fused-ring (bicyclic) bond motifs is 1. The first-order valence-electron chi connectivity index (χ1n) is 6.43. The van der Waals surface area contributed by atoms with Crippen molar-refractivity contribution in [1.82, 2.24) is 19.9 Å². The van der Waals surface area contributed by atoms with Crippen LogP contribution < -0.4 is 0 Å². The molecule has 2 aromatic rings. The molecule has 0 aliphatic carbocycles. The van der Waals surface area contributed by atoms with Crippen LogP contribution in [0.25, 0.3) is 11.5 Å². The molecule has 0 fully saturated rings. The Morgan fingerprint density at radius 3 is 2.95 bits per heavy atom. The molecule has 6 nitrogen and oxygen atoms in total. The zero-order valence-electron chi connectivity index (χ0n) is 11.0. The molecule has 1 aliphatic rings. The van der Waals surface area contributed by atoms with Crippen molar-refractivity contribution >= 4 is 6.09 Å². The highest BCUT2D eigenvalue weighted by Gasteiger charge is 2.28. The Morgan fingerprint density at radius 2 is 2.25 bits per heavy atom. The Bertz CT molecular complexity index is 645. The van der Waals surface area contributed by atoms with Crippen molar-refractivity contribution in [2.75, 3.05) is 6.54 Å². The van der Waals surface area contributed by atoms with Gasteiger partial charge in [0.2, 0.25) is 0 Å². The minimum atomic E-state index is -0.906. The summed E-state index contributed by atoms with van der Waals surface area (Å²) >= 11 is 0. The van der Waals surface area contributed by atoms with E-state index in [-0.39, 0.29) is 6.04 Å². The molecular formula is C14H14N4O2. The summed E-state index contributed by atoms with van der Waals surface area (Å²) in [5, 5.41) is 9.14. The molecule has 3 rings (SSSR count). The molecule has 1 unspecified atom stereocenters. The van der Waals surface area contributed by atoms with Crippen LogP contribution in [0, 0.1) is 0 Å². The maximum Gasteiger partial charge on any atom is 0.407 e. The molecule has 0 bridgehead atoms. The molecule has 2 aromatic heterocycles. The molecule has 6 heteroatoms. The van der Waals surface area contributed by atoms with Gasteiger partial charge in [-0.3, -0.25) is 4.98 Å². The lowest BCUT2D eigenvalue weighted by molar-refractivity contribution is 0.124. The maximum atomic E-state index is 11.1. The molecule has 3 heterocycles. The number of nitrogens with zero attached hydrogens (tertiary/aromatic N) is 4. The standard InChI is InChI=1S/C14H14N4O2/c1-9-10-8-16-13(12-4-2-3-6-15-12)17-11(10)5-7-18(9)14(19)20/h2-4,6,8-9H,5,7H2,1H3,(H,19,20). The van der Waals surface area contributed by atoms with Crippen LogP contribution in [-0.2, 0) is 6.42 Å². The highest BCUT2D eigenvalue weighted by atomic mass is 16.4. The van der Waals surface area contributed by atoms with E-state index in [0.29, 0.717) is 18.8 Å².